The molecular formula is C17H10ClFN2O5S. The minimum Gasteiger partial charge on any atom is -0.451 e. The quantitative estimate of drug-likeness (QED) is 0.383. The van der Waals surface area contributed by atoms with Gasteiger partial charge in [-0.1, -0.05) is 23.7 Å². The lowest BCUT2D eigenvalue weighted by Crippen LogP contribution is -2.21. The summed E-state index contributed by atoms with van der Waals surface area (Å²) in [6, 6.07) is 9.47. The number of rotatable bonds is 5. The number of nitro groups is 1. The van der Waals surface area contributed by atoms with E-state index in [2.05, 4.69) is 5.32 Å². The van der Waals surface area contributed by atoms with Gasteiger partial charge >= 0.3 is 5.97 Å². The van der Waals surface area contributed by atoms with Crippen LogP contribution < -0.4 is 5.32 Å². The minimum atomic E-state index is -0.848. The van der Waals surface area contributed by atoms with E-state index in [0.29, 0.717) is 10.1 Å². The molecule has 0 saturated carbocycles. The zero-order chi connectivity index (χ0) is 19.6. The van der Waals surface area contributed by atoms with Crippen LogP contribution in [0.1, 0.15) is 9.67 Å². The standard InChI is InChI=1S/C17H10ClFN2O5S/c18-15-10-6-5-9(19)7-13(10)27-16(15)17(23)26-8-14(22)20-11-3-1-2-4-12(11)21(24)25/h1-7H,8H2,(H,20,22). The van der Waals surface area contributed by atoms with E-state index in [1.807, 2.05) is 0 Å². The third kappa shape index (κ3) is 4.04. The van der Waals surface area contributed by atoms with E-state index in [4.69, 9.17) is 16.3 Å². The van der Waals surface area contributed by atoms with Crippen LogP contribution >= 0.6 is 22.9 Å². The Bertz CT molecular complexity index is 1070. The normalized spacial score (nSPS) is 10.6. The van der Waals surface area contributed by atoms with Gasteiger partial charge in [-0.3, -0.25) is 14.9 Å². The summed E-state index contributed by atoms with van der Waals surface area (Å²) >= 11 is 7.06. The van der Waals surface area contributed by atoms with Crippen molar-refractivity contribution in [2.24, 2.45) is 0 Å². The molecule has 138 valence electrons. The third-order valence-corrected chi connectivity index (χ3v) is 5.12. The van der Waals surface area contributed by atoms with Crippen molar-refractivity contribution in [1.29, 1.82) is 0 Å². The van der Waals surface area contributed by atoms with Gasteiger partial charge in [-0.2, -0.15) is 0 Å². The van der Waals surface area contributed by atoms with Gasteiger partial charge in [0.25, 0.3) is 11.6 Å². The number of nitrogens with one attached hydrogen (secondary N) is 1. The second-order valence-electron chi connectivity index (χ2n) is 5.28. The molecule has 2 aromatic carbocycles. The van der Waals surface area contributed by atoms with E-state index in [-0.39, 0.29) is 21.3 Å². The Morgan fingerprint density at radius 2 is 2.00 bits per heavy atom. The maximum absolute atomic E-state index is 13.3. The molecular weight excluding hydrogens is 399 g/mol. The van der Waals surface area contributed by atoms with E-state index < -0.39 is 29.2 Å². The number of amides is 1. The number of para-hydroxylation sites is 2. The molecule has 0 radical (unpaired) electrons. The Balaban J connectivity index is 1.68. The van der Waals surface area contributed by atoms with Gasteiger partial charge in [0.15, 0.2) is 6.61 Å². The van der Waals surface area contributed by atoms with Gasteiger partial charge in [0, 0.05) is 16.2 Å². The van der Waals surface area contributed by atoms with Crippen molar-refractivity contribution in [1.82, 2.24) is 0 Å². The molecule has 0 unspecified atom stereocenters. The molecule has 1 N–H and O–H groups in total. The van der Waals surface area contributed by atoms with Crippen LogP contribution in [0, 0.1) is 15.9 Å². The first kappa shape index (κ1) is 18.7. The summed E-state index contributed by atoms with van der Waals surface area (Å²) in [7, 11) is 0. The number of nitrogens with zero attached hydrogens (tertiary/aromatic N) is 1. The Kier molecular flexibility index (Phi) is 5.33. The predicted molar refractivity (Wildman–Crippen MR) is 98.8 cm³/mol. The SMILES string of the molecule is O=C(COC(=O)c1sc2cc(F)ccc2c1Cl)Nc1ccccc1[N+](=O)[O-]. The summed E-state index contributed by atoms with van der Waals surface area (Å²) in [6.45, 7) is -0.663. The molecule has 0 aliphatic rings. The molecule has 0 spiro atoms. The van der Waals surface area contributed by atoms with Gasteiger partial charge < -0.3 is 10.1 Å². The fourth-order valence-corrected chi connectivity index (χ4v) is 3.72. The monoisotopic (exact) mass is 408 g/mol. The van der Waals surface area contributed by atoms with Crippen molar-refractivity contribution in [3.63, 3.8) is 0 Å². The number of nitro benzene ring substituents is 1. The lowest BCUT2D eigenvalue weighted by molar-refractivity contribution is -0.383. The highest BCUT2D eigenvalue weighted by Crippen LogP contribution is 2.36. The lowest BCUT2D eigenvalue weighted by atomic mass is 10.2. The highest BCUT2D eigenvalue weighted by atomic mass is 35.5. The first-order valence-electron chi connectivity index (χ1n) is 7.44. The number of benzene rings is 2. The van der Waals surface area contributed by atoms with Crippen LogP contribution in [0.2, 0.25) is 5.02 Å². The second kappa shape index (κ2) is 7.68. The lowest BCUT2D eigenvalue weighted by Gasteiger charge is -2.06. The zero-order valence-corrected chi connectivity index (χ0v) is 15.0. The number of carbonyl (C=O) groups excluding carboxylic acids is 2. The zero-order valence-electron chi connectivity index (χ0n) is 13.4. The molecule has 0 bridgehead atoms. The van der Waals surface area contributed by atoms with E-state index in [1.54, 1.807) is 0 Å². The maximum atomic E-state index is 13.3. The molecule has 0 fully saturated rings. The fraction of sp³-hybridized carbons (Fsp3) is 0.0588. The van der Waals surface area contributed by atoms with Crippen LogP contribution in [-0.4, -0.2) is 23.4 Å². The molecule has 1 heterocycles. The first-order chi connectivity index (χ1) is 12.9. The number of ether oxygens (including phenoxy) is 1. The van der Waals surface area contributed by atoms with Crippen LogP contribution in [-0.2, 0) is 9.53 Å². The fourth-order valence-electron chi connectivity index (χ4n) is 2.29. The molecule has 0 aliphatic heterocycles. The van der Waals surface area contributed by atoms with Gasteiger partial charge in [0.1, 0.15) is 16.4 Å². The molecule has 10 heteroatoms. The van der Waals surface area contributed by atoms with Crippen LogP contribution in [0.3, 0.4) is 0 Å². The van der Waals surface area contributed by atoms with Gasteiger partial charge in [-0.25, -0.2) is 9.18 Å². The molecule has 1 aromatic heterocycles. The summed E-state index contributed by atoms with van der Waals surface area (Å²) in [6.07, 6.45) is 0. The highest BCUT2D eigenvalue weighted by Gasteiger charge is 2.21. The number of hydrogen-bond donors (Lipinski definition) is 1. The van der Waals surface area contributed by atoms with Crippen molar-refractivity contribution < 1.29 is 23.6 Å². The average Bonchev–Trinajstić information content (AvgIpc) is 2.96. The third-order valence-electron chi connectivity index (χ3n) is 3.49. The van der Waals surface area contributed by atoms with E-state index in [9.17, 15) is 24.1 Å². The highest BCUT2D eigenvalue weighted by molar-refractivity contribution is 7.21. The summed E-state index contributed by atoms with van der Waals surface area (Å²) < 4.78 is 18.7. The topological polar surface area (TPSA) is 98.5 Å². The van der Waals surface area contributed by atoms with Crippen LogP contribution in [0.5, 0.6) is 0 Å². The summed E-state index contributed by atoms with van der Waals surface area (Å²) in [5, 5.41) is 13.9. The molecule has 1 amide bonds. The van der Waals surface area contributed by atoms with Crippen molar-refractivity contribution in [2.45, 2.75) is 0 Å². The van der Waals surface area contributed by atoms with E-state index >= 15 is 0 Å². The van der Waals surface area contributed by atoms with Crippen molar-refractivity contribution in [3.05, 3.63) is 68.3 Å². The number of anilines is 1. The number of thiophene rings is 1. The summed E-state index contributed by atoms with van der Waals surface area (Å²) in [5.41, 5.74) is -0.300. The smallest absolute Gasteiger partial charge is 0.350 e. The molecule has 0 atom stereocenters. The van der Waals surface area contributed by atoms with E-state index in [1.165, 1.54) is 42.5 Å². The van der Waals surface area contributed by atoms with Crippen LogP contribution in [0.4, 0.5) is 15.8 Å². The first-order valence-corrected chi connectivity index (χ1v) is 8.64. The van der Waals surface area contributed by atoms with Gasteiger partial charge in [-0.15, -0.1) is 11.3 Å². The Morgan fingerprint density at radius 3 is 2.74 bits per heavy atom. The van der Waals surface area contributed by atoms with E-state index in [0.717, 1.165) is 11.3 Å². The predicted octanol–water partition coefficient (Wildman–Crippen LogP) is 4.40. The molecule has 0 saturated heterocycles. The number of hydrogen-bond acceptors (Lipinski definition) is 6. The number of halogens is 2. The van der Waals surface area contributed by atoms with Gasteiger partial charge in [0.2, 0.25) is 0 Å². The van der Waals surface area contributed by atoms with Gasteiger partial charge in [-0.05, 0) is 24.3 Å². The molecule has 3 rings (SSSR count). The molecule has 27 heavy (non-hydrogen) atoms. The minimum absolute atomic E-state index is 0.0149. The molecule has 3 aromatic rings. The van der Waals surface area contributed by atoms with Gasteiger partial charge in [0.05, 0.1) is 9.95 Å². The Hall–Kier alpha value is -3.04. The number of fused-ring (bicyclic) bond motifs is 1. The van der Waals surface area contributed by atoms with Crippen molar-refractivity contribution >= 4 is 56.3 Å². The van der Waals surface area contributed by atoms with Crippen molar-refractivity contribution in [3.8, 4) is 0 Å². The second-order valence-corrected chi connectivity index (χ2v) is 6.71. The Morgan fingerprint density at radius 1 is 1.26 bits per heavy atom. The maximum Gasteiger partial charge on any atom is 0.350 e. The molecule has 7 nitrogen and oxygen atoms in total. The number of esters is 1. The summed E-state index contributed by atoms with van der Waals surface area (Å²) in [5.74, 6) is -2.07. The average molecular weight is 409 g/mol. The Labute approximate surface area is 160 Å². The van der Waals surface area contributed by atoms with Crippen LogP contribution in [0.25, 0.3) is 10.1 Å². The molecule has 0 aliphatic carbocycles. The van der Waals surface area contributed by atoms with Crippen molar-refractivity contribution in [2.75, 3.05) is 11.9 Å². The summed E-state index contributed by atoms with van der Waals surface area (Å²) in [4.78, 5) is 34.4. The number of carbonyl (C=O) groups is 2. The largest absolute Gasteiger partial charge is 0.451 e. The van der Waals surface area contributed by atoms with Crippen LogP contribution in [0.15, 0.2) is 42.5 Å².